The summed E-state index contributed by atoms with van der Waals surface area (Å²) in [7, 11) is 0. The summed E-state index contributed by atoms with van der Waals surface area (Å²) in [5, 5.41) is 12.0. The maximum absolute atomic E-state index is 12.1. The number of rotatable bonds is 5. The quantitative estimate of drug-likeness (QED) is 0.875. The minimum atomic E-state index is -1.02. The first-order chi connectivity index (χ1) is 10.1. The Morgan fingerprint density at radius 2 is 2.00 bits per heavy atom. The van der Waals surface area contributed by atoms with E-state index in [-0.39, 0.29) is 5.91 Å². The minimum absolute atomic E-state index is 0.162. The topological polar surface area (TPSA) is 66.4 Å². The molecule has 0 spiro atoms. The van der Waals surface area contributed by atoms with Gasteiger partial charge >= 0.3 is 5.97 Å². The van der Waals surface area contributed by atoms with Crippen molar-refractivity contribution in [2.75, 3.05) is 0 Å². The predicted molar refractivity (Wildman–Crippen MR) is 80.7 cm³/mol. The minimum Gasteiger partial charge on any atom is -0.479 e. The van der Waals surface area contributed by atoms with Gasteiger partial charge in [-0.05, 0) is 30.2 Å². The van der Waals surface area contributed by atoms with Gasteiger partial charge in [-0.25, -0.2) is 4.79 Å². The maximum atomic E-state index is 12.1. The van der Waals surface area contributed by atoms with Crippen LogP contribution in [0.3, 0.4) is 0 Å². The Hall–Kier alpha value is -1.84. The van der Waals surface area contributed by atoms with Crippen LogP contribution in [-0.4, -0.2) is 17.0 Å². The highest BCUT2D eigenvalue weighted by molar-refractivity contribution is 5.84. The van der Waals surface area contributed by atoms with Crippen molar-refractivity contribution < 1.29 is 14.7 Å². The van der Waals surface area contributed by atoms with Crippen molar-refractivity contribution in [1.29, 1.82) is 0 Å². The normalized spacial score (nSPS) is 23.3. The van der Waals surface area contributed by atoms with Crippen LogP contribution in [0.15, 0.2) is 30.3 Å². The van der Waals surface area contributed by atoms with Gasteiger partial charge in [0.1, 0.15) is 0 Å². The average Bonchev–Trinajstić information content (AvgIpc) is 2.45. The Balaban J connectivity index is 1.94. The van der Waals surface area contributed by atoms with Crippen molar-refractivity contribution in [3.8, 4) is 0 Å². The van der Waals surface area contributed by atoms with E-state index in [0.29, 0.717) is 23.8 Å². The van der Waals surface area contributed by atoms with E-state index < -0.39 is 12.0 Å². The van der Waals surface area contributed by atoms with Gasteiger partial charge in [-0.2, -0.15) is 0 Å². The van der Waals surface area contributed by atoms with Crippen molar-refractivity contribution in [1.82, 2.24) is 5.32 Å². The lowest BCUT2D eigenvalue weighted by atomic mass is 9.80. The van der Waals surface area contributed by atoms with Crippen LogP contribution < -0.4 is 5.32 Å². The molecule has 1 fully saturated rings. The molecule has 0 radical (unpaired) electrons. The summed E-state index contributed by atoms with van der Waals surface area (Å²) in [5.41, 5.74) is 0.607. The van der Waals surface area contributed by atoms with E-state index in [1.807, 2.05) is 6.07 Å². The number of carboxylic acid groups (broad SMARTS) is 1. The molecule has 1 aromatic carbocycles. The highest BCUT2D eigenvalue weighted by atomic mass is 16.4. The van der Waals surface area contributed by atoms with Gasteiger partial charge in [0.15, 0.2) is 6.04 Å². The lowest BCUT2D eigenvalue weighted by Gasteiger charge is -2.26. The van der Waals surface area contributed by atoms with Crippen LogP contribution in [-0.2, 0) is 9.59 Å². The summed E-state index contributed by atoms with van der Waals surface area (Å²) < 4.78 is 0. The lowest BCUT2D eigenvalue weighted by Crippen LogP contribution is -2.35. The largest absolute Gasteiger partial charge is 0.479 e. The number of hydrogen-bond donors (Lipinski definition) is 2. The number of aliphatic carboxylic acids is 1. The molecule has 0 heterocycles. The highest BCUT2D eigenvalue weighted by Crippen LogP contribution is 2.30. The molecular formula is C17H23NO3. The Morgan fingerprint density at radius 1 is 1.29 bits per heavy atom. The van der Waals surface area contributed by atoms with Crippen LogP contribution in [0.2, 0.25) is 0 Å². The number of carbonyl (C=O) groups is 2. The second-order valence-corrected chi connectivity index (χ2v) is 6.09. The molecule has 1 saturated carbocycles. The predicted octanol–water partition coefficient (Wildman–Crippen LogP) is 3.14. The molecule has 0 saturated heterocycles. The first-order valence-electron chi connectivity index (χ1n) is 7.63. The van der Waals surface area contributed by atoms with Crippen LogP contribution in [0.4, 0.5) is 0 Å². The Morgan fingerprint density at radius 3 is 2.62 bits per heavy atom. The zero-order chi connectivity index (χ0) is 15.2. The lowest BCUT2D eigenvalue weighted by molar-refractivity contribution is -0.142. The molecule has 114 valence electrons. The van der Waals surface area contributed by atoms with Gasteiger partial charge in [0, 0.05) is 6.42 Å². The van der Waals surface area contributed by atoms with Crippen LogP contribution in [0.1, 0.15) is 50.6 Å². The summed E-state index contributed by atoms with van der Waals surface area (Å²) in [6.07, 6.45) is 4.97. The monoisotopic (exact) mass is 289 g/mol. The van der Waals surface area contributed by atoms with E-state index in [9.17, 15) is 14.7 Å². The van der Waals surface area contributed by atoms with Crippen molar-refractivity contribution in [3.05, 3.63) is 35.9 Å². The summed E-state index contributed by atoms with van der Waals surface area (Å²) in [6, 6.07) is 7.87. The molecule has 2 rings (SSSR count). The van der Waals surface area contributed by atoms with Gasteiger partial charge in [0.05, 0.1) is 0 Å². The second-order valence-electron chi connectivity index (χ2n) is 6.09. The molecule has 1 aliphatic carbocycles. The number of benzene rings is 1. The van der Waals surface area contributed by atoms with Crippen LogP contribution >= 0.6 is 0 Å². The average molecular weight is 289 g/mol. The fourth-order valence-electron chi connectivity index (χ4n) is 3.16. The third-order valence-electron chi connectivity index (χ3n) is 4.20. The Labute approximate surface area is 125 Å². The Bertz CT molecular complexity index is 486. The van der Waals surface area contributed by atoms with Crippen molar-refractivity contribution in [3.63, 3.8) is 0 Å². The fraction of sp³-hybridized carbons (Fsp3) is 0.529. The SMILES string of the molecule is CC1CCCC(CC(=O)N[C@@H](C(=O)O)c2ccccc2)C1. The molecule has 1 aromatic rings. The summed E-state index contributed by atoms with van der Waals surface area (Å²) in [4.78, 5) is 23.5. The standard InChI is InChI=1S/C17H23NO3/c1-12-6-5-7-13(10-12)11-15(19)18-16(17(20)21)14-8-3-2-4-9-14/h2-4,8-9,12-13,16H,5-7,10-11H2,1H3,(H,18,19)(H,20,21)/t12?,13?,16-/m1/s1. The number of hydrogen-bond acceptors (Lipinski definition) is 2. The van der Waals surface area contributed by atoms with Gasteiger partial charge in [-0.1, -0.05) is 50.1 Å². The number of carboxylic acids is 1. The Kier molecular flexibility index (Phi) is 5.37. The fourth-order valence-corrected chi connectivity index (χ4v) is 3.16. The van der Waals surface area contributed by atoms with Gasteiger partial charge < -0.3 is 10.4 Å². The van der Waals surface area contributed by atoms with Gasteiger partial charge in [0.25, 0.3) is 0 Å². The van der Waals surface area contributed by atoms with Gasteiger partial charge in [0.2, 0.25) is 5.91 Å². The number of nitrogens with one attached hydrogen (secondary N) is 1. The van der Waals surface area contributed by atoms with Crippen LogP contribution in [0.25, 0.3) is 0 Å². The molecule has 0 aromatic heterocycles. The van der Waals surface area contributed by atoms with Crippen molar-refractivity contribution in [2.24, 2.45) is 11.8 Å². The number of amides is 1. The summed E-state index contributed by atoms with van der Waals surface area (Å²) in [6.45, 7) is 2.22. The maximum Gasteiger partial charge on any atom is 0.330 e. The van der Waals surface area contributed by atoms with Crippen molar-refractivity contribution >= 4 is 11.9 Å². The number of carbonyl (C=O) groups excluding carboxylic acids is 1. The summed E-state index contributed by atoms with van der Waals surface area (Å²) >= 11 is 0. The first kappa shape index (κ1) is 15.5. The van der Waals surface area contributed by atoms with E-state index in [1.165, 1.54) is 12.8 Å². The van der Waals surface area contributed by atoms with Crippen molar-refractivity contribution in [2.45, 2.75) is 45.1 Å². The highest BCUT2D eigenvalue weighted by Gasteiger charge is 2.25. The van der Waals surface area contributed by atoms with E-state index in [4.69, 9.17) is 0 Å². The molecule has 4 heteroatoms. The van der Waals surface area contributed by atoms with Gasteiger partial charge in [-0.3, -0.25) is 4.79 Å². The zero-order valence-corrected chi connectivity index (χ0v) is 12.4. The van der Waals surface area contributed by atoms with E-state index in [2.05, 4.69) is 12.2 Å². The molecule has 0 aliphatic heterocycles. The molecule has 4 nitrogen and oxygen atoms in total. The van der Waals surface area contributed by atoms with Crippen LogP contribution in [0.5, 0.6) is 0 Å². The molecule has 3 atom stereocenters. The van der Waals surface area contributed by atoms with E-state index >= 15 is 0 Å². The summed E-state index contributed by atoms with van der Waals surface area (Å²) in [5.74, 6) is -0.128. The molecular weight excluding hydrogens is 266 g/mol. The molecule has 2 N–H and O–H groups in total. The van der Waals surface area contributed by atoms with Crippen LogP contribution in [0, 0.1) is 11.8 Å². The molecule has 21 heavy (non-hydrogen) atoms. The van der Waals surface area contributed by atoms with Gasteiger partial charge in [-0.15, -0.1) is 0 Å². The molecule has 1 aliphatic rings. The third kappa shape index (κ3) is 4.59. The van der Waals surface area contributed by atoms with E-state index in [1.54, 1.807) is 24.3 Å². The smallest absolute Gasteiger partial charge is 0.330 e. The zero-order valence-electron chi connectivity index (χ0n) is 12.4. The first-order valence-corrected chi connectivity index (χ1v) is 7.63. The third-order valence-corrected chi connectivity index (χ3v) is 4.20. The molecule has 2 unspecified atom stereocenters. The molecule has 1 amide bonds. The second kappa shape index (κ2) is 7.25. The molecule has 0 bridgehead atoms. The van der Waals surface area contributed by atoms with E-state index in [0.717, 1.165) is 12.8 Å².